The van der Waals surface area contributed by atoms with Crippen molar-refractivity contribution in [2.75, 3.05) is 11.9 Å². The molecular formula is C15H22N2O3. The zero-order valence-corrected chi connectivity index (χ0v) is 12.1. The number of ether oxygens (including phenoxy) is 1. The van der Waals surface area contributed by atoms with E-state index in [9.17, 15) is 9.59 Å². The number of hydrogen-bond acceptors (Lipinski definition) is 3. The van der Waals surface area contributed by atoms with Gasteiger partial charge in [0.1, 0.15) is 5.75 Å². The second-order valence-electron chi connectivity index (χ2n) is 4.58. The maximum atomic E-state index is 11.5. The van der Waals surface area contributed by atoms with E-state index >= 15 is 0 Å². The number of unbranched alkanes of at least 4 members (excludes halogenated alkanes) is 3. The van der Waals surface area contributed by atoms with Crippen LogP contribution in [0.5, 0.6) is 5.75 Å². The smallest absolute Gasteiger partial charge is 0.410 e. The molecule has 0 bridgehead atoms. The molecule has 5 heteroatoms. The van der Waals surface area contributed by atoms with E-state index in [1.165, 1.54) is 19.8 Å². The van der Waals surface area contributed by atoms with Gasteiger partial charge in [-0.2, -0.15) is 0 Å². The van der Waals surface area contributed by atoms with Crippen LogP contribution in [0.15, 0.2) is 24.3 Å². The van der Waals surface area contributed by atoms with Crippen molar-refractivity contribution in [1.29, 1.82) is 0 Å². The predicted octanol–water partition coefficient (Wildman–Crippen LogP) is 3.31. The van der Waals surface area contributed by atoms with Gasteiger partial charge in [0, 0.05) is 19.2 Å². The molecule has 20 heavy (non-hydrogen) atoms. The Labute approximate surface area is 119 Å². The fraction of sp³-hybridized carbons (Fsp3) is 0.467. The van der Waals surface area contributed by atoms with Crippen molar-refractivity contribution in [3.05, 3.63) is 24.3 Å². The van der Waals surface area contributed by atoms with E-state index in [2.05, 4.69) is 17.6 Å². The molecule has 5 nitrogen and oxygen atoms in total. The molecular weight excluding hydrogens is 256 g/mol. The molecule has 2 N–H and O–H groups in total. The molecule has 0 unspecified atom stereocenters. The molecule has 0 atom stereocenters. The summed E-state index contributed by atoms with van der Waals surface area (Å²) in [5.41, 5.74) is 0.671. The van der Waals surface area contributed by atoms with Crippen LogP contribution in [-0.4, -0.2) is 18.5 Å². The van der Waals surface area contributed by atoms with Crippen LogP contribution in [0.4, 0.5) is 10.5 Å². The van der Waals surface area contributed by atoms with Gasteiger partial charge < -0.3 is 15.4 Å². The van der Waals surface area contributed by atoms with Crippen LogP contribution in [0.2, 0.25) is 0 Å². The van der Waals surface area contributed by atoms with Crippen LogP contribution in [0.3, 0.4) is 0 Å². The fourth-order valence-corrected chi connectivity index (χ4v) is 1.69. The van der Waals surface area contributed by atoms with Crippen LogP contribution in [-0.2, 0) is 4.79 Å². The van der Waals surface area contributed by atoms with Crippen LogP contribution < -0.4 is 15.4 Å². The Bertz CT molecular complexity index is 429. The van der Waals surface area contributed by atoms with E-state index in [1.54, 1.807) is 24.3 Å². The summed E-state index contributed by atoms with van der Waals surface area (Å²) in [4.78, 5) is 22.4. The molecule has 110 valence electrons. The minimum atomic E-state index is -0.450. The first-order valence-electron chi connectivity index (χ1n) is 6.95. The lowest BCUT2D eigenvalue weighted by molar-refractivity contribution is -0.114. The van der Waals surface area contributed by atoms with Gasteiger partial charge >= 0.3 is 6.09 Å². The summed E-state index contributed by atoms with van der Waals surface area (Å²) in [6.07, 6.45) is 3.98. The molecule has 1 aromatic carbocycles. The van der Waals surface area contributed by atoms with Crippen molar-refractivity contribution >= 4 is 17.7 Å². The van der Waals surface area contributed by atoms with Crippen molar-refractivity contribution < 1.29 is 14.3 Å². The molecule has 0 aliphatic carbocycles. The van der Waals surface area contributed by atoms with E-state index in [4.69, 9.17) is 4.74 Å². The molecule has 0 aliphatic rings. The molecule has 1 rings (SSSR count). The van der Waals surface area contributed by atoms with Crippen molar-refractivity contribution in [3.8, 4) is 5.75 Å². The first-order valence-corrected chi connectivity index (χ1v) is 6.95. The molecule has 0 radical (unpaired) electrons. The summed E-state index contributed by atoms with van der Waals surface area (Å²) < 4.78 is 5.12. The van der Waals surface area contributed by atoms with Gasteiger partial charge in [-0.15, -0.1) is 0 Å². The summed E-state index contributed by atoms with van der Waals surface area (Å²) in [6, 6.07) is 6.65. The number of nitrogens with one attached hydrogen (secondary N) is 2. The van der Waals surface area contributed by atoms with Crippen molar-refractivity contribution in [2.24, 2.45) is 0 Å². The van der Waals surface area contributed by atoms with Crippen LogP contribution in [0.1, 0.15) is 39.5 Å². The number of hydrogen-bond donors (Lipinski definition) is 2. The van der Waals surface area contributed by atoms with E-state index < -0.39 is 6.09 Å². The molecule has 0 fully saturated rings. The summed E-state index contributed by atoms with van der Waals surface area (Å²) >= 11 is 0. The topological polar surface area (TPSA) is 67.4 Å². The maximum Gasteiger partial charge on any atom is 0.412 e. The van der Waals surface area contributed by atoms with Gasteiger partial charge in [-0.25, -0.2) is 4.79 Å². The third-order valence-corrected chi connectivity index (χ3v) is 2.68. The highest BCUT2D eigenvalue weighted by atomic mass is 16.6. The average molecular weight is 278 g/mol. The molecule has 1 aromatic rings. The van der Waals surface area contributed by atoms with Crippen LogP contribution >= 0.6 is 0 Å². The normalized spacial score (nSPS) is 9.90. The lowest BCUT2D eigenvalue weighted by Crippen LogP contribution is -2.27. The summed E-state index contributed by atoms with van der Waals surface area (Å²) in [5.74, 6) is 0.314. The second-order valence-corrected chi connectivity index (χ2v) is 4.58. The van der Waals surface area contributed by atoms with Gasteiger partial charge in [-0.3, -0.25) is 4.79 Å². The van der Waals surface area contributed by atoms with Gasteiger partial charge in [0.25, 0.3) is 0 Å². The lowest BCUT2D eigenvalue weighted by atomic mass is 10.2. The lowest BCUT2D eigenvalue weighted by Gasteiger charge is -2.07. The standard InChI is InChI=1S/C15H22N2O3/c1-3-4-5-6-11-16-15(19)20-14-9-7-13(8-10-14)17-12(2)18/h7-10H,3-6,11H2,1-2H3,(H,16,19)(H,17,18). The van der Waals surface area contributed by atoms with Gasteiger partial charge in [0.2, 0.25) is 5.91 Å². The Hall–Kier alpha value is -2.04. The molecule has 0 aromatic heterocycles. The quantitative estimate of drug-likeness (QED) is 0.752. The van der Waals surface area contributed by atoms with E-state index in [-0.39, 0.29) is 5.91 Å². The Morgan fingerprint density at radius 1 is 1.10 bits per heavy atom. The van der Waals surface area contributed by atoms with Gasteiger partial charge in [-0.1, -0.05) is 26.2 Å². The summed E-state index contributed by atoms with van der Waals surface area (Å²) in [6.45, 7) is 4.21. The Morgan fingerprint density at radius 2 is 1.80 bits per heavy atom. The monoisotopic (exact) mass is 278 g/mol. The van der Waals surface area contributed by atoms with Gasteiger partial charge in [0.15, 0.2) is 0 Å². The summed E-state index contributed by atoms with van der Waals surface area (Å²) in [5, 5.41) is 5.35. The third kappa shape index (κ3) is 6.78. The average Bonchev–Trinajstić information content (AvgIpc) is 2.40. The highest BCUT2D eigenvalue weighted by Crippen LogP contribution is 2.15. The Balaban J connectivity index is 2.29. The number of benzene rings is 1. The molecule has 0 saturated carbocycles. The summed E-state index contributed by atoms with van der Waals surface area (Å²) in [7, 11) is 0. The highest BCUT2D eigenvalue weighted by Gasteiger charge is 2.03. The minimum absolute atomic E-state index is 0.136. The number of amides is 2. The van der Waals surface area contributed by atoms with Crippen molar-refractivity contribution in [2.45, 2.75) is 39.5 Å². The second kappa shape index (κ2) is 8.96. The Kier molecular flexibility index (Phi) is 7.17. The minimum Gasteiger partial charge on any atom is -0.410 e. The van der Waals surface area contributed by atoms with E-state index in [0.717, 1.165) is 12.8 Å². The first-order chi connectivity index (χ1) is 9.61. The SMILES string of the molecule is CCCCCCNC(=O)Oc1ccc(NC(C)=O)cc1. The van der Waals surface area contributed by atoms with Gasteiger partial charge in [-0.05, 0) is 30.7 Å². The van der Waals surface area contributed by atoms with Gasteiger partial charge in [0.05, 0.1) is 0 Å². The predicted molar refractivity (Wildman–Crippen MR) is 78.9 cm³/mol. The molecule has 0 spiro atoms. The first kappa shape index (κ1) is 16.0. The third-order valence-electron chi connectivity index (χ3n) is 2.68. The molecule has 0 saturated heterocycles. The molecule has 0 heterocycles. The van der Waals surface area contributed by atoms with E-state index in [0.29, 0.717) is 18.0 Å². The van der Waals surface area contributed by atoms with Crippen molar-refractivity contribution in [3.63, 3.8) is 0 Å². The zero-order chi connectivity index (χ0) is 14.8. The number of carbonyl (C=O) groups is 2. The van der Waals surface area contributed by atoms with E-state index in [1.807, 2.05) is 0 Å². The number of carbonyl (C=O) groups excluding carboxylic acids is 2. The van der Waals surface area contributed by atoms with Crippen LogP contribution in [0.25, 0.3) is 0 Å². The zero-order valence-electron chi connectivity index (χ0n) is 12.1. The number of anilines is 1. The largest absolute Gasteiger partial charge is 0.412 e. The fourth-order valence-electron chi connectivity index (χ4n) is 1.69. The Morgan fingerprint density at radius 3 is 2.40 bits per heavy atom. The van der Waals surface area contributed by atoms with Crippen molar-refractivity contribution in [1.82, 2.24) is 5.32 Å². The number of rotatable bonds is 7. The highest BCUT2D eigenvalue weighted by molar-refractivity contribution is 5.88. The maximum absolute atomic E-state index is 11.5. The van der Waals surface area contributed by atoms with Crippen LogP contribution in [0, 0.1) is 0 Å². The molecule has 0 aliphatic heterocycles. The molecule has 2 amide bonds.